The molecule has 0 aliphatic carbocycles. The molecule has 53 valence electrons. The SMILES string of the molecule is [CH2]/C(C)=C(\C)CCCC. The first kappa shape index (κ1) is 8.74. The zero-order chi connectivity index (χ0) is 7.28. The molecule has 0 rings (SSSR count). The fourth-order valence-electron chi connectivity index (χ4n) is 0.655. The van der Waals surface area contributed by atoms with Crippen molar-refractivity contribution in [3.63, 3.8) is 0 Å². The van der Waals surface area contributed by atoms with Crippen molar-refractivity contribution in [3.05, 3.63) is 18.1 Å². The lowest BCUT2D eigenvalue weighted by atomic mass is 10.1. The van der Waals surface area contributed by atoms with Gasteiger partial charge < -0.3 is 0 Å². The third-order valence-electron chi connectivity index (χ3n) is 1.63. The Bertz CT molecular complexity index is 94.6. The normalized spacial score (nSPS) is 13.3. The fourth-order valence-corrected chi connectivity index (χ4v) is 0.655. The van der Waals surface area contributed by atoms with Crippen LogP contribution in [0.25, 0.3) is 0 Å². The van der Waals surface area contributed by atoms with Crippen LogP contribution in [-0.2, 0) is 0 Å². The Balaban J connectivity index is 3.50. The Morgan fingerprint density at radius 2 is 1.89 bits per heavy atom. The summed E-state index contributed by atoms with van der Waals surface area (Å²) in [4.78, 5) is 0. The molecule has 0 aromatic carbocycles. The molecule has 0 aromatic rings. The molecular weight excluding hydrogens is 108 g/mol. The van der Waals surface area contributed by atoms with E-state index < -0.39 is 0 Å². The van der Waals surface area contributed by atoms with Gasteiger partial charge in [0.05, 0.1) is 0 Å². The van der Waals surface area contributed by atoms with Crippen molar-refractivity contribution in [2.45, 2.75) is 40.0 Å². The summed E-state index contributed by atoms with van der Waals surface area (Å²) < 4.78 is 0. The molecule has 1 radical (unpaired) electrons. The van der Waals surface area contributed by atoms with E-state index in [0.29, 0.717) is 0 Å². The Morgan fingerprint density at radius 1 is 1.33 bits per heavy atom. The molecule has 0 heterocycles. The molecule has 0 atom stereocenters. The highest BCUT2D eigenvalue weighted by Crippen LogP contribution is 2.09. The summed E-state index contributed by atoms with van der Waals surface area (Å²) in [5, 5.41) is 0. The van der Waals surface area contributed by atoms with E-state index in [1.165, 1.54) is 30.4 Å². The number of hydrogen-bond donors (Lipinski definition) is 0. The van der Waals surface area contributed by atoms with Gasteiger partial charge in [-0.25, -0.2) is 0 Å². The summed E-state index contributed by atoms with van der Waals surface area (Å²) in [7, 11) is 0. The van der Waals surface area contributed by atoms with Crippen molar-refractivity contribution >= 4 is 0 Å². The zero-order valence-electron chi connectivity index (χ0n) is 6.83. The number of unbranched alkanes of at least 4 members (excludes halogenated alkanes) is 1. The minimum atomic E-state index is 1.23. The molecule has 0 unspecified atom stereocenters. The number of hydrogen-bond acceptors (Lipinski definition) is 0. The fraction of sp³-hybridized carbons (Fsp3) is 0.667. The van der Waals surface area contributed by atoms with Gasteiger partial charge in [0.1, 0.15) is 0 Å². The van der Waals surface area contributed by atoms with Gasteiger partial charge in [0.15, 0.2) is 0 Å². The van der Waals surface area contributed by atoms with Crippen molar-refractivity contribution in [2.75, 3.05) is 0 Å². The van der Waals surface area contributed by atoms with Crippen LogP contribution < -0.4 is 0 Å². The molecular formula is C9H17. The topological polar surface area (TPSA) is 0 Å². The Kier molecular flexibility index (Phi) is 4.47. The predicted octanol–water partition coefficient (Wildman–Crippen LogP) is 3.35. The molecule has 0 saturated heterocycles. The summed E-state index contributed by atoms with van der Waals surface area (Å²) in [6.07, 6.45) is 3.81. The zero-order valence-corrected chi connectivity index (χ0v) is 6.83. The molecule has 0 N–H and O–H groups in total. The van der Waals surface area contributed by atoms with Crippen LogP contribution in [0, 0.1) is 6.92 Å². The maximum absolute atomic E-state index is 3.87. The average Bonchev–Trinajstić information content (AvgIpc) is 1.82. The third kappa shape index (κ3) is 4.26. The van der Waals surface area contributed by atoms with Gasteiger partial charge in [-0.2, -0.15) is 0 Å². The van der Waals surface area contributed by atoms with Crippen LogP contribution >= 0.6 is 0 Å². The summed E-state index contributed by atoms with van der Waals surface area (Å²) in [6.45, 7) is 10.3. The Hall–Kier alpha value is -0.260. The Labute approximate surface area is 59.0 Å². The molecule has 0 spiro atoms. The summed E-state index contributed by atoms with van der Waals surface area (Å²) in [5.74, 6) is 0. The van der Waals surface area contributed by atoms with Crippen LogP contribution in [0.5, 0.6) is 0 Å². The van der Waals surface area contributed by atoms with E-state index in [1.54, 1.807) is 0 Å². The first-order chi connectivity index (χ1) is 4.18. The highest BCUT2D eigenvalue weighted by molar-refractivity contribution is 5.11. The molecule has 0 nitrogen and oxygen atoms in total. The second kappa shape index (κ2) is 4.60. The van der Waals surface area contributed by atoms with E-state index in [9.17, 15) is 0 Å². The van der Waals surface area contributed by atoms with Gasteiger partial charge in [0.2, 0.25) is 0 Å². The highest BCUT2D eigenvalue weighted by Gasteiger charge is 1.89. The maximum atomic E-state index is 3.87. The standard InChI is InChI=1S/C9H17/c1-5-6-7-9(4)8(2)3/h2,5-7H2,1,3-4H3/b9-8-. The average molecular weight is 125 g/mol. The van der Waals surface area contributed by atoms with Gasteiger partial charge in [-0.3, -0.25) is 0 Å². The maximum Gasteiger partial charge on any atom is -0.0283 e. The minimum absolute atomic E-state index is 1.23. The van der Waals surface area contributed by atoms with Gasteiger partial charge in [0, 0.05) is 0 Å². The molecule has 9 heavy (non-hydrogen) atoms. The van der Waals surface area contributed by atoms with Gasteiger partial charge in [-0.1, -0.05) is 24.5 Å². The van der Waals surface area contributed by atoms with E-state index in [-0.39, 0.29) is 0 Å². The quantitative estimate of drug-likeness (QED) is 0.542. The monoisotopic (exact) mass is 125 g/mol. The molecule has 0 bridgehead atoms. The van der Waals surface area contributed by atoms with Crippen molar-refractivity contribution in [3.8, 4) is 0 Å². The number of allylic oxidation sites excluding steroid dienone is 2. The van der Waals surface area contributed by atoms with Crippen LogP contribution in [0.3, 0.4) is 0 Å². The van der Waals surface area contributed by atoms with Crippen molar-refractivity contribution in [1.82, 2.24) is 0 Å². The first-order valence-electron chi connectivity index (χ1n) is 3.66. The van der Waals surface area contributed by atoms with E-state index in [0.717, 1.165) is 0 Å². The van der Waals surface area contributed by atoms with Crippen LogP contribution in [-0.4, -0.2) is 0 Å². The van der Waals surface area contributed by atoms with E-state index in [1.807, 2.05) is 0 Å². The highest BCUT2D eigenvalue weighted by atomic mass is 14.0. The lowest BCUT2D eigenvalue weighted by Gasteiger charge is -2.00. The smallest absolute Gasteiger partial charge is 0.0283 e. The van der Waals surface area contributed by atoms with Gasteiger partial charge in [-0.15, -0.1) is 0 Å². The lowest BCUT2D eigenvalue weighted by molar-refractivity contribution is 0.783. The van der Waals surface area contributed by atoms with Gasteiger partial charge in [0.25, 0.3) is 0 Å². The lowest BCUT2D eigenvalue weighted by Crippen LogP contribution is -1.80. The van der Waals surface area contributed by atoms with Crippen LogP contribution in [0.2, 0.25) is 0 Å². The molecule has 0 fully saturated rings. The molecule has 0 aromatic heterocycles. The summed E-state index contributed by atoms with van der Waals surface area (Å²) >= 11 is 0. The minimum Gasteiger partial charge on any atom is -0.0744 e. The van der Waals surface area contributed by atoms with Crippen molar-refractivity contribution < 1.29 is 0 Å². The predicted molar refractivity (Wildman–Crippen MR) is 43.3 cm³/mol. The largest absolute Gasteiger partial charge is 0.0744 e. The van der Waals surface area contributed by atoms with Crippen LogP contribution in [0.4, 0.5) is 0 Å². The van der Waals surface area contributed by atoms with E-state index in [4.69, 9.17) is 0 Å². The van der Waals surface area contributed by atoms with Crippen molar-refractivity contribution in [2.24, 2.45) is 0 Å². The molecule has 0 heteroatoms. The molecule has 0 aliphatic rings. The van der Waals surface area contributed by atoms with E-state index >= 15 is 0 Å². The third-order valence-corrected chi connectivity index (χ3v) is 1.63. The Morgan fingerprint density at radius 3 is 2.22 bits per heavy atom. The first-order valence-corrected chi connectivity index (χ1v) is 3.66. The van der Waals surface area contributed by atoms with Crippen molar-refractivity contribution in [1.29, 1.82) is 0 Å². The molecule has 0 aliphatic heterocycles. The van der Waals surface area contributed by atoms with Crippen LogP contribution in [0.15, 0.2) is 11.1 Å². The van der Waals surface area contributed by atoms with Gasteiger partial charge in [-0.05, 0) is 33.6 Å². The molecule has 0 amide bonds. The van der Waals surface area contributed by atoms with E-state index in [2.05, 4.69) is 27.7 Å². The summed E-state index contributed by atoms with van der Waals surface area (Å²) in [6, 6.07) is 0. The summed E-state index contributed by atoms with van der Waals surface area (Å²) in [5.41, 5.74) is 2.69. The molecule has 0 saturated carbocycles. The van der Waals surface area contributed by atoms with Gasteiger partial charge >= 0.3 is 0 Å². The second-order valence-corrected chi connectivity index (χ2v) is 2.66. The second-order valence-electron chi connectivity index (χ2n) is 2.66. The van der Waals surface area contributed by atoms with Crippen LogP contribution in [0.1, 0.15) is 40.0 Å². The number of rotatable bonds is 3.